The zero-order valence-electron chi connectivity index (χ0n) is 14.6. The Kier molecular flexibility index (Phi) is 5.18. The SMILES string of the molecule is COc1ccc(CCS(=O)(=O)N2CCCc3ccccc32)cc1OC. The van der Waals surface area contributed by atoms with Gasteiger partial charge in [-0.3, -0.25) is 4.31 Å². The van der Waals surface area contributed by atoms with Gasteiger partial charge in [0.25, 0.3) is 0 Å². The van der Waals surface area contributed by atoms with Gasteiger partial charge in [-0.15, -0.1) is 0 Å². The van der Waals surface area contributed by atoms with Gasteiger partial charge in [-0.2, -0.15) is 0 Å². The Bertz CT molecular complexity index is 848. The third-order valence-corrected chi connectivity index (χ3v) is 6.27. The summed E-state index contributed by atoms with van der Waals surface area (Å²) in [5.41, 5.74) is 2.83. The van der Waals surface area contributed by atoms with Crippen LogP contribution in [0.1, 0.15) is 17.5 Å². The fourth-order valence-corrected chi connectivity index (χ4v) is 4.78. The molecular formula is C19H23NO4S. The molecule has 1 aliphatic heterocycles. The molecule has 2 aromatic rings. The maximum atomic E-state index is 12.9. The van der Waals surface area contributed by atoms with Gasteiger partial charge in [0.1, 0.15) is 0 Å². The van der Waals surface area contributed by atoms with Crippen LogP contribution in [0, 0.1) is 0 Å². The Hall–Kier alpha value is -2.21. The van der Waals surface area contributed by atoms with E-state index in [1.54, 1.807) is 24.6 Å². The van der Waals surface area contributed by atoms with Crippen LogP contribution in [-0.4, -0.2) is 34.9 Å². The molecular weight excluding hydrogens is 338 g/mol. The second kappa shape index (κ2) is 7.35. The standard InChI is InChI=1S/C19H23NO4S/c1-23-18-10-9-15(14-19(18)24-2)11-13-25(21,22)20-12-5-7-16-6-3-4-8-17(16)20/h3-4,6,8-10,14H,5,7,11-13H2,1-2H3. The van der Waals surface area contributed by atoms with E-state index < -0.39 is 10.0 Å². The molecule has 0 bridgehead atoms. The predicted octanol–water partition coefficient (Wildman–Crippen LogP) is 3.03. The summed E-state index contributed by atoms with van der Waals surface area (Å²) in [7, 11) is -0.217. The minimum Gasteiger partial charge on any atom is -0.493 e. The number of hydrogen-bond donors (Lipinski definition) is 0. The van der Waals surface area contributed by atoms with Crippen LogP contribution in [0.25, 0.3) is 0 Å². The third kappa shape index (κ3) is 3.74. The molecule has 0 unspecified atom stereocenters. The molecule has 1 aliphatic rings. The molecule has 1 heterocycles. The van der Waals surface area contributed by atoms with Crippen molar-refractivity contribution in [3.05, 3.63) is 53.6 Å². The Labute approximate surface area is 149 Å². The van der Waals surface area contributed by atoms with Crippen LogP contribution < -0.4 is 13.8 Å². The number of hydrogen-bond acceptors (Lipinski definition) is 4. The minimum absolute atomic E-state index is 0.0663. The van der Waals surface area contributed by atoms with Crippen molar-refractivity contribution in [1.29, 1.82) is 0 Å². The van der Waals surface area contributed by atoms with Gasteiger partial charge < -0.3 is 9.47 Å². The van der Waals surface area contributed by atoms with Gasteiger partial charge in [0, 0.05) is 6.54 Å². The van der Waals surface area contributed by atoms with Crippen LogP contribution in [0.4, 0.5) is 5.69 Å². The first-order valence-corrected chi connectivity index (χ1v) is 9.95. The summed E-state index contributed by atoms with van der Waals surface area (Å²) in [6, 6.07) is 13.3. The van der Waals surface area contributed by atoms with Crippen molar-refractivity contribution in [2.24, 2.45) is 0 Å². The number of aryl methyl sites for hydroxylation is 2. The van der Waals surface area contributed by atoms with E-state index >= 15 is 0 Å². The third-order valence-electron chi connectivity index (χ3n) is 4.50. The van der Waals surface area contributed by atoms with Crippen LogP contribution in [0.3, 0.4) is 0 Å². The van der Waals surface area contributed by atoms with Crippen LogP contribution in [0.5, 0.6) is 11.5 Å². The Morgan fingerprint density at radius 1 is 1.04 bits per heavy atom. The molecule has 0 fully saturated rings. The van der Waals surface area contributed by atoms with E-state index in [1.807, 2.05) is 36.4 Å². The van der Waals surface area contributed by atoms with Crippen LogP contribution in [-0.2, 0) is 22.9 Å². The first kappa shape index (κ1) is 17.6. The fourth-order valence-electron chi connectivity index (χ4n) is 3.18. The zero-order valence-corrected chi connectivity index (χ0v) is 15.4. The topological polar surface area (TPSA) is 55.8 Å². The smallest absolute Gasteiger partial charge is 0.235 e. The van der Waals surface area contributed by atoms with Crippen molar-refractivity contribution in [2.75, 3.05) is 30.8 Å². The molecule has 0 radical (unpaired) electrons. The minimum atomic E-state index is -3.37. The monoisotopic (exact) mass is 361 g/mol. The molecule has 6 heteroatoms. The molecule has 2 aromatic carbocycles. The molecule has 0 spiro atoms. The number of sulfonamides is 1. The number of nitrogens with zero attached hydrogens (tertiary/aromatic N) is 1. The van der Waals surface area contributed by atoms with E-state index in [-0.39, 0.29) is 5.75 Å². The van der Waals surface area contributed by atoms with E-state index in [4.69, 9.17) is 9.47 Å². The van der Waals surface area contributed by atoms with Gasteiger partial charge in [0.15, 0.2) is 11.5 Å². The number of methoxy groups -OCH3 is 2. The molecule has 134 valence electrons. The Balaban J connectivity index is 1.77. The van der Waals surface area contributed by atoms with Crippen molar-refractivity contribution in [1.82, 2.24) is 0 Å². The molecule has 0 saturated carbocycles. The lowest BCUT2D eigenvalue weighted by molar-refractivity contribution is 0.354. The Morgan fingerprint density at radius 3 is 2.56 bits per heavy atom. The van der Waals surface area contributed by atoms with Crippen LogP contribution >= 0.6 is 0 Å². The van der Waals surface area contributed by atoms with E-state index in [2.05, 4.69) is 0 Å². The molecule has 0 amide bonds. The highest BCUT2D eigenvalue weighted by Gasteiger charge is 2.26. The number of anilines is 1. The van der Waals surface area contributed by atoms with Gasteiger partial charge in [-0.05, 0) is 48.6 Å². The average Bonchev–Trinajstić information content (AvgIpc) is 2.65. The lowest BCUT2D eigenvalue weighted by atomic mass is 10.0. The van der Waals surface area contributed by atoms with E-state index in [0.717, 1.165) is 29.7 Å². The molecule has 0 N–H and O–H groups in total. The van der Waals surface area contributed by atoms with Crippen molar-refractivity contribution in [3.8, 4) is 11.5 Å². The van der Waals surface area contributed by atoms with Gasteiger partial charge in [0.05, 0.1) is 25.7 Å². The highest BCUT2D eigenvalue weighted by Crippen LogP contribution is 2.30. The number of rotatable bonds is 6. The van der Waals surface area contributed by atoms with Crippen LogP contribution in [0.15, 0.2) is 42.5 Å². The molecule has 0 saturated heterocycles. The lowest BCUT2D eigenvalue weighted by Crippen LogP contribution is -2.37. The van der Waals surface area contributed by atoms with E-state index in [0.29, 0.717) is 24.5 Å². The van der Waals surface area contributed by atoms with Gasteiger partial charge in [-0.25, -0.2) is 8.42 Å². The number of ether oxygens (including phenoxy) is 2. The second-order valence-corrected chi connectivity index (χ2v) is 8.07. The predicted molar refractivity (Wildman–Crippen MR) is 99.1 cm³/mol. The number of para-hydroxylation sites is 1. The van der Waals surface area contributed by atoms with Crippen molar-refractivity contribution < 1.29 is 17.9 Å². The van der Waals surface area contributed by atoms with Crippen LogP contribution in [0.2, 0.25) is 0 Å². The van der Waals surface area contributed by atoms with Crippen molar-refractivity contribution >= 4 is 15.7 Å². The lowest BCUT2D eigenvalue weighted by Gasteiger charge is -2.30. The summed E-state index contributed by atoms with van der Waals surface area (Å²) in [6.07, 6.45) is 2.21. The molecule has 0 aromatic heterocycles. The zero-order chi connectivity index (χ0) is 17.9. The number of benzene rings is 2. The highest BCUT2D eigenvalue weighted by molar-refractivity contribution is 7.92. The van der Waals surface area contributed by atoms with Crippen molar-refractivity contribution in [2.45, 2.75) is 19.3 Å². The molecule has 0 atom stereocenters. The first-order chi connectivity index (χ1) is 12.0. The van der Waals surface area contributed by atoms with E-state index in [9.17, 15) is 8.42 Å². The van der Waals surface area contributed by atoms with E-state index in [1.165, 1.54) is 0 Å². The number of fused-ring (bicyclic) bond motifs is 1. The fraction of sp³-hybridized carbons (Fsp3) is 0.368. The molecule has 0 aliphatic carbocycles. The maximum Gasteiger partial charge on any atom is 0.235 e. The quantitative estimate of drug-likeness (QED) is 0.794. The second-order valence-electron chi connectivity index (χ2n) is 6.06. The molecule has 5 nitrogen and oxygen atoms in total. The van der Waals surface area contributed by atoms with Gasteiger partial charge in [-0.1, -0.05) is 24.3 Å². The van der Waals surface area contributed by atoms with Gasteiger partial charge in [0.2, 0.25) is 10.0 Å². The summed E-state index contributed by atoms with van der Waals surface area (Å²) < 4.78 is 37.8. The summed E-state index contributed by atoms with van der Waals surface area (Å²) >= 11 is 0. The highest BCUT2D eigenvalue weighted by atomic mass is 32.2. The summed E-state index contributed by atoms with van der Waals surface area (Å²) in [6.45, 7) is 0.547. The summed E-state index contributed by atoms with van der Waals surface area (Å²) in [5, 5.41) is 0. The first-order valence-electron chi connectivity index (χ1n) is 8.34. The van der Waals surface area contributed by atoms with Crippen molar-refractivity contribution in [3.63, 3.8) is 0 Å². The summed E-state index contributed by atoms with van der Waals surface area (Å²) in [4.78, 5) is 0. The average molecular weight is 361 g/mol. The maximum absolute atomic E-state index is 12.9. The largest absolute Gasteiger partial charge is 0.493 e. The molecule has 3 rings (SSSR count). The normalized spacial score (nSPS) is 14.1. The Morgan fingerprint density at radius 2 is 1.80 bits per heavy atom. The molecule has 25 heavy (non-hydrogen) atoms. The summed E-state index contributed by atoms with van der Waals surface area (Å²) in [5.74, 6) is 1.32. The van der Waals surface area contributed by atoms with Gasteiger partial charge >= 0.3 is 0 Å².